The van der Waals surface area contributed by atoms with E-state index in [1.54, 1.807) is 6.20 Å². The van der Waals surface area contributed by atoms with Gasteiger partial charge in [-0.3, -0.25) is 9.69 Å². The molecule has 1 N–H and O–H groups in total. The Morgan fingerprint density at radius 1 is 1.09 bits per heavy atom. The minimum absolute atomic E-state index is 0.00189. The molecule has 1 aromatic heterocycles. The number of para-hydroxylation sites is 1. The molecule has 0 atom stereocenters. The van der Waals surface area contributed by atoms with Crippen LogP contribution in [-0.4, -0.2) is 60.7 Å². The van der Waals surface area contributed by atoms with Gasteiger partial charge in [-0.05, 0) is 24.3 Å². The van der Waals surface area contributed by atoms with E-state index in [4.69, 9.17) is 4.74 Å². The highest BCUT2D eigenvalue weighted by Crippen LogP contribution is 2.55. The van der Waals surface area contributed by atoms with E-state index in [2.05, 4.69) is 54.4 Å². The Morgan fingerprint density at radius 2 is 1.76 bits per heavy atom. The monoisotopic (exact) mass is 448 g/mol. The highest BCUT2D eigenvalue weighted by molar-refractivity contribution is 5.94. The van der Waals surface area contributed by atoms with Crippen LogP contribution < -0.4 is 15.0 Å². The molecule has 1 saturated heterocycles. The normalized spacial score (nSPS) is 23.9. The lowest BCUT2D eigenvalue weighted by molar-refractivity contribution is -0.164. The van der Waals surface area contributed by atoms with Crippen LogP contribution >= 0.6 is 0 Å². The summed E-state index contributed by atoms with van der Waals surface area (Å²) >= 11 is 0. The number of rotatable bonds is 7. The van der Waals surface area contributed by atoms with Crippen LogP contribution in [-0.2, 0) is 0 Å². The van der Waals surface area contributed by atoms with E-state index in [1.165, 1.54) is 0 Å². The second-order valence-electron chi connectivity index (χ2n) is 10.3. The molecule has 1 aliphatic heterocycles. The second kappa shape index (κ2) is 9.18. The summed E-state index contributed by atoms with van der Waals surface area (Å²) in [5.74, 6) is 1.69. The Morgan fingerprint density at radius 3 is 2.33 bits per heavy atom. The van der Waals surface area contributed by atoms with Crippen molar-refractivity contribution < 1.29 is 9.53 Å². The molecule has 2 aliphatic rings. The predicted octanol–water partition coefficient (Wildman–Crippen LogP) is 4.00. The number of carbonyl (C=O) groups is 1. The smallest absolute Gasteiger partial charge is 0.253 e. The highest BCUT2D eigenvalue weighted by Gasteiger charge is 2.64. The molecule has 1 aliphatic carbocycles. The summed E-state index contributed by atoms with van der Waals surface area (Å²) < 4.78 is 6.33. The van der Waals surface area contributed by atoms with Gasteiger partial charge in [0, 0.05) is 55.8 Å². The number of nitrogens with zero attached hydrogens (tertiary/aromatic N) is 3. The quantitative estimate of drug-likeness (QED) is 0.649. The third-order valence-corrected chi connectivity index (χ3v) is 7.21. The molecule has 0 bridgehead atoms. The zero-order valence-electron chi connectivity index (χ0n) is 20.3. The van der Waals surface area contributed by atoms with Crippen molar-refractivity contribution in [1.29, 1.82) is 0 Å². The number of ether oxygens (including phenoxy) is 1. The lowest BCUT2D eigenvalue weighted by Crippen LogP contribution is -2.74. The third-order valence-electron chi connectivity index (χ3n) is 7.21. The number of carbonyl (C=O) groups excluding carboxylic acids is 1. The van der Waals surface area contributed by atoms with Crippen LogP contribution in [0.25, 0.3) is 0 Å². The minimum atomic E-state index is -0.201. The molecule has 1 saturated carbocycles. The summed E-state index contributed by atoms with van der Waals surface area (Å²) in [6.45, 7) is 17.2. The highest BCUT2D eigenvalue weighted by atomic mass is 16.5. The molecule has 0 spiro atoms. The number of piperazine rings is 1. The van der Waals surface area contributed by atoms with Gasteiger partial charge in [-0.1, -0.05) is 52.0 Å². The molecule has 1 aromatic carbocycles. The van der Waals surface area contributed by atoms with Gasteiger partial charge in [0.2, 0.25) is 0 Å². The fraction of sp³-hybridized carbons (Fsp3) is 0.481. The molecule has 1 amide bonds. The lowest BCUT2D eigenvalue weighted by atomic mass is 9.49. The summed E-state index contributed by atoms with van der Waals surface area (Å²) in [5.41, 5.74) is 0.184. The summed E-state index contributed by atoms with van der Waals surface area (Å²) in [5, 5.41) is 3.26. The van der Waals surface area contributed by atoms with Crippen molar-refractivity contribution in [3.8, 4) is 5.75 Å². The summed E-state index contributed by atoms with van der Waals surface area (Å²) in [7, 11) is 0. The van der Waals surface area contributed by atoms with Crippen LogP contribution in [0.3, 0.4) is 0 Å². The van der Waals surface area contributed by atoms with Gasteiger partial charge in [-0.25, -0.2) is 4.98 Å². The fourth-order valence-corrected chi connectivity index (χ4v) is 5.70. The van der Waals surface area contributed by atoms with Crippen LogP contribution in [0, 0.1) is 10.8 Å². The van der Waals surface area contributed by atoms with Crippen molar-refractivity contribution in [1.82, 2.24) is 15.2 Å². The first-order chi connectivity index (χ1) is 15.7. The van der Waals surface area contributed by atoms with E-state index < -0.39 is 0 Å². The molecule has 0 unspecified atom stereocenters. The number of anilines is 1. The number of hydrogen-bond acceptors (Lipinski definition) is 5. The van der Waals surface area contributed by atoms with Crippen molar-refractivity contribution in [3.05, 3.63) is 66.9 Å². The Balaban J connectivity index is 1.37. The number of pyridine rings is 1. The second-order valence-corrected chi connectivity index (χ2v) is 10.3. The first-order valence-corrected chi connectivity index (χ1v) is 11.8. The van der Waals surface area contributed by atoms with E-state index in [0.717, 1.165) is 44.3 Å². The van der Waals surface area contributed by atoms with Crippen molar-refractivity contribution >= 4 is 11.7 Å². The van der Waals surface area contributed by atoms with E-state index in [1.807, 2.05) is 48.5 Å². The van der Waals surface area contributed by atoms with Gasteiger partial charge >= 0.3 is 0 Å². The number of aromatic nitrogens is 1. The largest absolute Gasteiger partial charge is 0.489 e. The van der Waals surface area contributed by atoms with Crippen LogP contribution in [0.4, 0.5) is 5.82 Å². The van der Waals surface area contributed by atoms with Crippen molar-refractivity contribution in [2.45, 2.75) is 39.8 Å². The van der Waals surface area contributed by atoms with Gasteiger partial charge in [0.25, 0.3) is 5.91 Å². The zero-order valence-corrected chi connectivity index (χ0v) is 20.3. The average Bonchev–Trinajstić information content (AvgIpc) is 2.82. The minimum Gasteiger partial charge on any atom is -0.489 e. The Hall–Kier alpha value is -2.86. The topological polar surface area (TPSA) is 57.7 Å². The van der Waals surface area contributed by atoms with Crippen molar-refractivity contribution in [3.63, 3.8) is 0 Å². The van der Waals surface area contributed by atoms with E-state index in [9.17, 15) is 4.79 Å². The number of nitrogens with one attached hydrogen (secondary N) is 1. The number of hydrogen-bond donors (Lipinski definition) is 1. The maximum Gasteiger partial charge on any atom is 0.253 e. The predicted molar refractivity (Wildman–Crippen MR) is 133 cm³/mol. The maximum atomic E-state index is 13.1. The molecule has 33 heavy (non-hydrogen) atoms. The van der Waals surface area contributed by atoms with Gasteiger partial charge in [-0.15, -0.1) is 6.58 Å². The molecule has 2 heterocycles. The van der Waals surface area contributed by atoms with Gasteiger partial charge in [0.05, 0.1) is 5.56 Å². The molecule has 4 rings (SSSR count). The summed E-state index contributed by atoms with van der Waals surface area (Å²) in [4.78, 5) is 22.3. The molecule has 6 heteroatoms. The standard InChI is InChI=1S/C27H36N4O2/c1-6-14-30-15-17-31(18-16-30)22-13-12-20(19-28-22)23(32)29-24-26(2,3)25(27(24,4)5)33-21-10-8-7-9-11-21/h6-13,19,24-25H,1,14-18H2,2-5H3,(H,29,32). The van der Waals surface area contributed by atoms with Crippen molar-refractivity contribution in [2.75, 3.05) is 37.6 Å². The van der Waals surface area contributed by atoms with Gasteiger partial charge in [-0.2, -0.15) is 0 Å². The number of amides is 1. The maximum absolute atomic E-state index is 13.1. The van der Waals surface area contributed by atoms with Gasteiger partial charge < -0.3 is 15.0 Å². The molecular weight excluding hydrogens is 412 g/mol. The van der Waals surface area contributed by atoms with Crippen LogP contribution in [0.2, 0.25) is 0 Å². The van der Waals surface area contributed by atoms with E-state index in [-0.39, 0.29) is 28.9 Å². The Bertz CT molecular complexity index is 947. The fourth-order valence-electron chi connectivity index (χ4n) is 5.70. The Labute approximate surface area is 197 Å². The zero-order chi connectivity index (χ0) is 23.6. The van der Waals surface area contributed by atoms with Gasteiger partial charge in [0.15, 0.2) is 0 Å². The molecular formula is C27H36N4O2. The van der Waals surface area contributed by atoms with Gasteiger partial charge in [0.1, 0.15) is 17.7 Å². The molecule has 6 nitrogen and oxygen atoms in total. The number of benzene rings is 1. The van der Waals surface area contributed by atoms with E-state index >= 15 is 0 Å². The van der Waals surface area contributed by atoms with Crippen LogP contribution in [0.1, 0.15) is 38.1 Å². The Kier molecular flexibility index (Phi) is 6.48. The van der Waals surface area contributed by atoms with Crippen LogP contribution in [0.5, 0.6) is 5.75 Å². The third kappa shape index (κ3) is 4.62. The molecule has 176 valence electrons. The average molecular weight is 449 g/mol. The SMILES string of the molecule is C=CCN1CCN(c2ccc(C(=O)NC3C(C)(C)C(Oc4ccccc4)C3(C)C)cn2)CC1. The first kappa shape index (κ1) is 23.3. The molecule has 0 radical (unpaired) electrons. The van der Waals surface area contributed by atoms with Crippen LogP contribution in [0.15, 0.2) is 61.3 Å². The molecule has 2 aromatic rings. The van der Waals surface area contributed by atoms with E-state index in [0.29, 0.717) is 5.56 Å². The van der Waals surface area contributed by atoms with Crippen molar-refractivity contribution in [2.24, 2.45) is 10.8 Å². The lowest BCUT2D eigenvalue weighted by Gasteiger charge is -2.63. The summed E-state index contributed by atoms with van der Waals surface area (Å²) in [6, 6.07) is 13.7. The summed E-state index contributed by atoms with van der Waals surface area (Å²) in [6.07, 6.45) is 3.64. The molecule has 2 fully saturated rings. The first-order valence-electron chi connectivity index (χ1n) is 11.8.